The van der Waals surface area contributed by atoms with Crippen LogP contribution in [0.1, 0.15) is 58.8 Å². The zero-order valence-corrected chi connectivity index (χ0v) is 11.1. The van der Waals surface area contributed by atoms with Crippen LogP contribution in [0.5, 0.6) is 0 Å². The SMILES string of the molecule is CC(C)CCCCCC(=O)C1CCCNC1=O. The number of amides is 1. The molecule has 1 N–H and O–H groups in total. The average Bonchev–Trinajstić information content (AvgIpc) is 2.28. The quantitative estimate of drug-likeness (QED) is 0.548. The second kappa shape index (κ2) is 7.46. The lowest BCUT2D eigenvalue weighted by molar-refractivity contribution is -0.135. The standard InChI is InChI=1S/C14H25NO2/c1-11(2)7-4-3-5-9-13(16)12-8-6-10-15-14(12)17/h11-12H,3-10H2,1-2H3,(H,15,17). The van der Waals surface area contributed by atoms with E-state index in [4.69, 9.17) is 0 Å². The molecule has 98 valence electrons. The van der Waals surface area contributed by atoms with Gasteiger partial charge in [-0.2, -0.15) is 0 Å². The van der Waals surface area contributed by atoms with E-state index in [1.54, 1.807) is 0 Å². The third-order valence-corrected chi connectivity index (χ3v) is 3.38. The lowest BCUT2D eigenvalue weighted by atomic mass is 9.91. The molecule has 1 atom stereocenters. The van der Waals surface area contributed by atoms with E-state index in [-0.39, 0.29) is 17.6 Å². The second-order valence-electron chi connectivity index (χ2n) is 5.45. The molecule has 0 saturated carbocycles. The van der Waals surface area contributed by atoms with Gasteiger partial charge >= 0.3 is 0 Å². The average molecular weight is 239 g/mol. The molecule has 3 nitrogen and oxygen atoms in total. The fraction of sp³-hybridized carbons (Fsp3) is 0.857. The van der Waals surface area contributed by atoms with Gasteiger partial charge in [-0.05, 0) is 25.2 Å². The minimum Gasteiger partial charge on any atom is -0.355 e. The Morgan fingerprint density at radius 2 is 2.12 bits per heavy atom. The van der Waals surface area contributed by atoms with Gasteiger partial charge < -0.3 is 5.32 Å². The van der Waals surface area contributed by atoms with E-state index >= 15 is 0 Å². The van der Waals surface area contributed by atoms with Gasteiger partial charge in [-0.3, -0.25) is 9.59 Å². The molecule has 1 aliphatic heterocycles. The van der Waals surface area contributed by atoms with Crippen LogP contribution in [0.15, 0.2) is 0 Å². The van der Waals surface area contributed by atoms with E-state index in [1.165, 1.54) is 12.8 Å². The molecular formula is C14H25NO2. The van der Waals surface area contributed by atoms with Gasteiger partial charge in [0.25, 0.3) is 0 Å². The Labute approximate surface area is 104 Å². The van der Waals surface area contributed by atoms with Gasteiger partial charge in [0, 0.05) is 13.0 Å². The van der Waals surface area contributed by atoms with Gasteiger partial charge in [-0.1, -0.05) is 33.1 Å². The van der Waals surface area contributed by atoms with Gasteiger partial charge in [0.1, 0.15) is 5.78 Å². The lowest BCUT2D eigenvalue weighted by Crippen LogP contribution is -2.40. The summed E-state index contributed by atoms with van der Waals surface area (Å²) in [6.45, 7) is 5.17. The highest BCUT2D eigenvalue weighted by Gasteiger charge is 2.27. The maximum Gasteiger partial charge on any atom is 0.230 e. The van der Waals surface area contributed by atoms with Gasteiger partial charge in [-0.15, -0.1) is 0 Å². The monoisotopic (exact) mass is 239 g/mol. The fourth-order valence-corrected chi connectivity index (χ4v) is 2.28. The maximum absolute atomic E-state index is 11.8. The molecule has 0 aromatic rings. The molecule has 0 bridgehead atoms. The molecule has 1 heterocycles. The first-order chi connectivity index (χ1) is 8.11. The highest BCUT2D eigenvalue weighted by atomic mass is 16.2. The molecule has 3 heteroatoms. The van der Waals surface area contributed by atoms with Gasteiger partial charge in [0.15, 0.2) is 0 Å². The molecule has 1 aliphatic rings. The lowest BCUT2D eigenvalue weighted by Gasteiger charge is -2.20. The van der Waals surface area contributed by atoms with Crippen molar-refractivity contribution in [3.8, 4) is 0 Å². The molecule has 0 aromatic carbocycles. The summed E-state index contributed by atoms with van der Waals surface area (Å²) in [5, 5.41) is 2.77. The third-order valence-electron chi connectivity index (χ3n) is 3.38. The van der Waals surface area contributed by atoms with E-state index in [0.29, 0.717) is 6.42 Å². The Morgan fingerprint density at radius 1 is 1.35 bits per heavy atom. The molecule has 0 spiro atoms. The first-order valence-corrected chi connectivity index (χ1v) is 6.91. The molecule has 0 radical (unpaired) electrons. The van der Waals surface area contributed by atoms with Crippen LogP contribution >= 0.6 is 0 Å². The summed E-state index contributed by atoms with van der Waals surface area (Å²) in [5.41, 5.74) is 0. The first kappa shape index (κ1) is 14.2. The van der Waals surface area contributed by atoms with E-state index in [0.717, 1.165) is 38.1 Å². The van der Waals surface area contributed by atoms with Crippen LogP contribution in [0, 0.1) is 11.8 Å². The number of ketones is 1. The number of hydrogen-bond donors (Lipinski definition) is 1. The van der Waals surface area contributed by atoms with E-state index in [2.05, 4.69) is 19.2 Å². The second-order valence-corrected chi connectivity index (χ2v) is 5.45. The molecule has 17 heavy (non-hydrogen) atoms. The highest BCUT2D eigenvalue weighted by molar-refractivity contribution is 6.01. The summed E-state index contributed by atoms with van der Waals surface area (Å²) >= 11 is 0. The Bertz CT molecular complexity index is 261. The van der Waals surface area contributed by atoms with Gasteiger partial charge in [0.2, 0.25) is 5.91 Å². The number of Topliss-reactive ketones (excluding diaryl/α,β-unsaturated/α-hetero) is 1. The van der Waals surface area contributed by atoms with Gasteiger partial charge in [-0.25, -0.2) is 0 Å². The predicted molar refractivity (Wildman–Crippen MR) is 68.7 cm³/mol. The zero-order chi connectivity index (χ0) is 12.7. The minimum atomic E-state index is -0.353. The number of carbonyl (C=O) groups excluding carboxylic acids is 2. The van der Waals surface area contributed by atoms with Crippen LogP contribution in [0.25, 0.3) is 0 Å². The van der Waals surface area contributed by atoms with Crippen LogP contribution < -0.4 is 5.32 Å². The summed E-state index contributed by atoms with van der Waals surface area (Å²) in [6.07, 6.45) is 6.75. The van der Waals surface area contributed by atoms with Crippen molar-refractivity contribution < 1.29 is 9.59 Å². The number of unbranched alkanes of at least 4 members (excludes halogenated alkanes) is 2. The van der Waals surface area contributed by atoms with Crippen molar-refractivity contribution in [3.05, 3.63) is 0 Å². The summed E-state index contributed by atoms with van der Waals surface area (Å²) in [6, 6.07) is 0. The molecule has 1 unspecified atom stereocenters. The third kappa shape index (κ3) is 5.33. The molecule has 1 rings (SSSR count). The molecule has 0 aromatic heterocycles. The van der Waals surface area contributed by atoms with Crippen molar-refractivity contribution in [1.29, 1.82) is 0 Å². The smallest absolute Gasteiger partial charge is 0.230 e. The van der Waals surface area contributed by atoms with E-state index in [1.807, 2.05) is 0 Å². The first-order valence-electron chi connectivity index (χ1n) is 6.91. The highest BCUT2D eigenvalue weighted by Crippen LogP contribution is 2.17. The molecule has 1 amide bonds. The number of rotatable bonds is 7. The van der Waals surface area contributed by atoms with Crippen molar-refractivity contribution in [2.45, 2.75) is 58.8 Å². The summed E-state index contributed by atoms with van der Waals surface area (Å²) in [5.74, 6) is 0.485. The van der Waals surface area contributed by atoms with E-state index < -0.39 is 0 Å². The van der Waals surface area contributed by atoms with Crippen molar-refractivity contribution >= 4 is 11.7 Å². The van der Waals surface area contributed by atoms with Crippen molar-refractivity contribution in [2.24, 2.45) is 11.8 Å². The molecular weight excluding hydrogens is 214 g/mol. The van der Waals surface area contributed by atoms with Crippen LogP contribution in [0.4, 0.5) is 0 Å². The van der Waals surface area contributed by atoms with E-state index in [9.17, 15) is 9.59 Å². The largest absolute Gasteiger partial charge is 0.355 e. The minimum absolute atomic E-state index is 0.0524. The van der Waals surface area contributed by atoms with Crippen LogP contribution in [-0.2, 0) is 9.59 Å². The topological polar surface area (TPSA) is 46.2 Å². The Morgan fingerprint density at radius 3 is 2.76 bits per heavy atom. The van der Waals surface area contributed by atoms with Gasteiger partial charge in [0.05, 0.1) is 5.92 Å². The Balaban J connectivity index is 2.14. The van der Waals surface area contributed by atoms with Crippen LogP contribution in [0.3, 0.4) is 0 Å². The summed E-state index contributed by atoms with van der Waals surface area (Å²) in [4.78, 5) is 23.3. The molecule has 0 aliphatic carbocycles. The molecule has 1 fully saturated rings. The number of piperidine rings is 1. The normalized spacial score (nSPS) is 20.4. The maximum atomic E-state index is 11.8. The fourth-order valence-electron chi connectivity index (χ4n) is 2.28. The summed E-state index contributed by atoms with van der Waals surface area (Å²) < 4.78 is 0. The number of carbonyl (C=O) groups is 2. The Hall–Kier alpha value is -0.860. The predicted octanol–water partition coefficient (Wildman–Crippen LogP) is 2.69. The molecule has 1 saturated heterocycles. The van der Waals surface area contributed by atoms with Crippen molar-refractivity contribution in [3.63, 3.8) is 0 Å². The van der Waals surface area contributed by atoms with Crippen molar-refractivity contribution in [2.75, 3.05) is 6.54 Å². The van der Waals surface area contributed by atoms with Crippen LogP contribution in [0.2, 0.25) is 0 Å². The van der Waals surface area contributed by atoms with Crippen LogP contribution in [-0.4, -0.2) is 18.2 Å². The summed E-state index contributed by atoms with van der Waals surface area (Å²) in [7, 11) is 0. The Kier molecular flexibility index (Phi) is 6.23. The number of hydrogen-bond acceptors (Lipinski definition) is 2. The number of nitrogens with one attached hydrogen (secondary N) is 1. The van der Waals surface area contributed by atoms with Crippen molar-refractivity contribution in [1.82, 2.24) is 5.32 Å². The zero-order valence-electron chi connectivity index (χ0n) is 11.1.